The van der Waals surface area contributed by atoms with Crippen molar-refractivity contribution in [3.8, 4) is 11.5 Å². The topological polar surface area (TPSA) is 98.3 Å². The molecule has 1 amide bonds. The van der Waals surface area contributed by atoms with E-state index in [1.54, 1.807) is 13.1 Å². The van der Waals surface area contributed by atoms with Crippen molar-refractivity contribution in [3.05, 3.63) is 84.0 Å². The zero-order valence-electron chi connectivity index (χ0n) is 19.9. The molecule has 0 atom stereocenters. The molecular weight excluding hydrogens is 442 g/mol. The van der Waals surface area contributed by atoms with Gasteiger partial charge in [0.25, 0.3) is 0 Å². The smallest absolute Gasteiger partial charge is 0.407 e. The predicted molar refractivity (Wildman–Crippen MR) is 137 cm³/mol. The van der Waals surface area contributed by atoms with Gasteiger partial charge in [-0.15, -0.1) is 0 Å². The van der Waals surface area contributed by atoms with Crippen molar-refractivity contribution >= 4 is 34.6 Å². The maximum atomic E-state index is 11.4. The van der Waals surface area contributed by atoms with Crippen LogP contribution in [-0.2, 0) is 4.74 Å². The van der Waals surface area contributed by atoms with Crippen LogP contribution in [0.15, 0.2) is 67.1 Å². The summed E-state index contributed by atoms with van der Waals surface area (Å²) < 4.78 is 10.8. The number of aromatic nitrogens is 3. The summed E-state index contributed by atoms with van der Waals surface area (Å²) in [5.41, 5.74) is 4.60. The predicted octanol–water partition coefficient (Wildman–Crippen LogP) is 5.94. The Kier molecular flexibility index (Phi) is 7.52. The van der Waals surface area contributed by atoms with Gasteiger partial charge in [0.2, 0.25) is 0 Å². The molecule has 2 aromatic carbocycles. The van der Waals surface area contributed by atoms with E-state index in [4.69, 9.17) is 9.47 Å². The second-order valence-electron chi connectivity index (χ2n) is 7.85. The van der Waals surface area contributed by atoms with Crippen LogP contribution in [0.25, 0.3) is 17.0 Å². The molecule has 0 aliphatic carbocycles. The van der Waals surface area contributed by atoms with Gasteiger partial charge in [0.1, 0.15) is 23.6 Å². The summed E-state index contributed by atoms with van der Waals surface area (Å²) >= 11 is 0. The van der Waals surface area contributed by atoms with E-state index in [0.717, 1.165) is 39.2 Å². The largest absolute Gasteiger partial charge is 0.455 e. The number of nitrogens with one attached hydrogen (secondary N) is 2. The van der Waals surface area contributed by atoms with Gasteiger partial charge in [-0.3, -0.25) is 4.98 Å². The fourth-order valence-corrected chi connectivity index (χ4v) is 3.42. The zero-order valence-corrected chi connectivity index (χ0v) is 19.9. The average Bonchev–Trinajstić information content (AvgIpc) is 2.85. The van der Waals surface area contributed by atoms with Gasteiger partial charge in [0.15, 0.2) is 0 Å². The molecule has 2 aromatic heterocycles. The highest BCUT2D eigenvalue weighted by Gasteiger charge is 2.08. The van der Waals surface area contributed by atoms with Crippen LogP contribution in [0.4, 0.5) is 16.3 Å². The Balaban J connectivity index is 1.49. The van der Waals surface area contributed by atoms with Gasteiger partial charge in [-0.05, 0) is 74.4 Å². The lowest BCUT2D eigenvalue weighted by molar-refractivity contribution is 0.153. The number of fused-ring (bicyclic) bond motifs is 1. The number of benzene rings is 2. The highest BCUT2D eigenvalue weighted by atomic mass is 16.5. The first kappa shape index (κ1) is 23.7. The number of aryl methyl sites for hydroxylation is 2. The Morgan fingerprint density at radius 1 is 1.03 bits per heavy atom. The molecule has 0 radical (unpaired) electrons. The van der Waals surface area contributed by atoms with E-state index in [2.05, 4.69) is 25.6 Å². The number of hydrogen-bond donors (Lipinski definition) is 2. The number of carbonyl (C=O) groups excluding carboxylic acids is 1. The number of hydrogen-bond acceptors (Lipinski definition) is 7. The third kappa shape index (κ3) is 6.32. The standard InChI is InChI=1S/C27H27N5O3/c1-4-34-27(33)28-13-5-6-20-8-11-24-23(15-20)26(31-17-30-24)32-21-9-12-25(18(2)14-21)35-22-10-7-19(3)29-16-22/h5-12,14-17H,4,13H2,1-3H3,(H,28,33)(H,30,31,32)/b6-5-. The number of ether oxygens (including phenoxy) is 2. The summed E-state index contributed by atoms with van der Waals surface area (Å²) in [6, 6.07) is 15.6. The molecule has 0 unspecified atom stereocenters. The molecule has 178 valence electrons. The van der Waals surface area contributed by atoms with Crippen LogP contribution in [0.3, 0.4) is 0 Å². The van der Waals surface area contributed by atoms with E-state index in [0.29, 0.717) is 24.7 Å². The maximum absolute atomic E-state index is 11.4. The minimum atomic E-state index is -0.433. The monoisotopic (exact) mass is 469 g/mol. The molecule has 8 nitrogen and oxygen atoms in total. The van der Waals surface area contributed by atoms with Crippen LogP contribution in [0, 0.1) is 13.8 Å². The van der Waals surface area contributed by atoms with E-state index in [1.165, 1.54) is 6.33 Å². The lowest BCUT2D eigenvalue weighted by Gasteiger charge is -2.12. The average molecular weight is 470 g/mol. The molecule has 0 bridgehead atoms. The van der Waals surface area contributed by atoms with Crippen LogP contribution < -0.4 is 15.4 Å². The Morgan fingerprint density at radius 3 is 2.69 bits per heavy atom. The van der Waals surface area contributed by atoms with E-state index >= 15 is 0 Å². The second-order valence-corrected chi connectivity index (χ2v) is 7.85. The molecule has 4 aromatic rings. The number of nitrogens with zero attached hydrogens (tertiary/aromatic N) is 3. The Hall–Kier alpha value is -4.46. The first-order chi connectivity index (χ1) is 17.0. The highest BCUT2D eigenvalue weighted by molar-refractivity contribution is 5.92. The van der Waals surface area contributed by atoms with Crippen molar-refractivity contribution in [1.29, 1.82) is 0 Å². The number of alkyl carbamates (subject to hydrolysis) is 1. The van der Waals surface area contributed by atoms with Crippen molar-refractivity contribution in [2.45, 2.75) is 20.8 Å². The van der Waals surface area contributed by atoms with E-state index in [1.807, 2.05) is 74.5 Å². The van der Waals surface area contributed by atoms with Crippen molar-refractivity contribution in [2.75, 3.05) is 18.5 Å². The summed E-state index contributed by atoms with van der Waals surface area (Å²) in [7, 11) is 0. The Labute approximate surface area is 204 Å². The summed E-state index contributed by atoms with van der Waals surface area (Å²) in [6.07, 6.45) is 6.61. The summed E-state index contributed by atoms with van der Waals surface area (Å²) in [4.78, 5) is 24.5. The minimum absolute atomic E-state index is 0.343. The van der Waals surface area contributed by atoms with Crippen molar-refractivity contribution in [2.24, 2.45) is 0 Å². The number of rotatable bonds is 8. The molecule has 35 heavy (non-hydrogen) atoms. The minimum Gasteiger partial charge on any atom is -0.455 e. The van der Waals surface area contributed by atoms with Gasteiger partial charge in [-0.2, -0.15) is 0 Å². The third-order valence-electron chi connectivity index (χ3n) is 5.16. The van der Waals surface area contributed by atoms with Crippen molar-refractivity contribution < 1.29 is 14.3 Å². The number of amides is 1. The summed E-state index contributed by atoms with van der Waals surface area (Å²) in [5, 5.41) is 6.94. The molecule has 0 saturated carbocycles. The van der Waals surface area contributed by atoms with Gasteiger partial charge in [-0.1, -0.05) is 18.2 Å². The molecule has 2 heterocycles. The first-order valence-electron chi connectivity index (χ1n) is 11.3. The summed E-state index contributed by atoms with van der Waals surface area (Å²) in [5.74, 6) is 2.16. The second kappa shape index (κ2) is 11.1. The molecule has 8 heteroatoms. The normalized spacial score (nSPS) is 10.9. The highest BCUT2D eigenvalue weighted by Crippen LogP contribution is 2.30. The number of anilines is 2. The molecule has 4 rings (SSSR count). The Bertz CT molecular complexity index is 1350. The molecule has 0 spiro atoms. The quantitative estimate of drug-likeness (QED) is 0.330. The van der Waals surface area contributed by atoms with Crippen molar-refractivity contribution in [1.82, 2.24) is 20.3 Å². The van der Waals surface area contributed by atoms with Gasteiger partial charge >= 0.3 is 6.09 Å². The molecular formula is C27H27N5O3. The molecule has 2 N–H and O–H groups in total. The lowest BCUT2D eigenvalue weighted by Crippen LogP contribution is -2.24. The van der Waals surface area contributed by atoms with E-state index in [9.17, 15) is 4.79 Å². The molecule has 0 fully saturated rings. The molecule has 0 aliphatic rings. The van der Waals surface area contributed by atoms with E-state index < -0.39 is 6.09 Å². The first-order valence-corrected chi connectivity index (χ1v) is 11.3. The van der Waals surface area contributed by atoms with Gasteiger partial charge in [-0.25, -0.2) is 14.8 Å². The maximum Gasteiger partial charge on any atom is 0.407 e. The SMILES string of the molecule is CCOC(=O)NC/C=C\c1ccc2ncnc(Nc3ccc(Oc4ccc(C)nc4)c(C)c3)c2c1. The number of pyridine rings is 1. The van der Waals surface area contributed by atoms with Crippen LogP contribution in [0.5, 0.6) is 11.5 Å². The molecule has 0 aliphatic heterocycles. The zero-order chi connectivity index (χ0) is 24.6. The van der Waals surface area contributed by atoms with Crippen LogP contribution >= 0.6 is 0 Å². The summed E-state index contributed by atoms with van der Waals surface area (Å²) in [6.45, 7) is 6.42. The number of carbonyl (C=O) groups is 1. The van der Waals surface area contributed by atoms with Crippen LogP contribution in [0.2, 0.25) is 0 Å². The Morgan fingerprint density at radius 2 is 1.91 bits per heavy atom. The fraction of sp³-hybridized carbons (Fsp3) is 0.185. The third-order valence-corrected chi connectivity index (χ3v) is 5.16. The van der Waals surface area contributed by atoms with Crippen LogP contribution in [-0.4, -0.2) is 34.2 Å². The lowest BCUT2D eigenvalue weighted by atomic mass is 10.1. The fourth-order valence-electron chi connectivity index (χ4n) is 3.42. The van der Waals surface area contributed by atoms with E-state index in [-0.39, 0.29) is 0 Å². The molecule has 0 saturated heterocycles. The van der Waals surface area contributed by atoms with Crippen molar-refractivity contribution in [3.63, 3.8) is 0 Å². The van der Waals surface area contributed by atoms with Gasteiger partial charge in [0.05, 0.1) is 18.3 Å². The van der Waals surface area contributed by atoms with Gasteiger partial charge < -0.3 is 20.1 Å². The van der Waals surface area contributed by atoms with Crippen LogP contribution in [0.1, 0.15) is 23.7 Å². The van der Waals surface area contributed by atoms with Gasteiger partial charge in [0, 0.05) is 23.3 Å².